The van der Waals surface area contributed by atoms with Gasteiger partial charge in [0.15, 0.2) is 5.82 Å². The minimum atomic E-state index is -0.865. The molecule has 12 heteroatoms. The van der Waals surface area contributed by atoms with E-state index in [1.807, 2.05) is 36.4 Å². The van der Waals surface area contributed by atoms with Gasteiger partial charge in [-0.2, -0.15) is 10.5 Å². The summed E-state index contributed by atoms with van der Waals surface area (Å²) in [6.07, 6.45) is 2.74. The molecule has 1 aromatic heterocycles. The molecular formula is C31H35N9O3. The predicted octanol–water partition coefficient (Wildman–Crippen LogP) is 1.33. The molecule has 3 amide bonds. The van der Waals surface area contributed by atoms with Gasteiger partial charge in [-0.1, -0.05) is 17.3 Å². The second kappa shape index (κ2) is 10.9. The summed E-state index contributed by atoms with van der Waals surface area (Å²) in [6, 6.07) is 13.5. The number of nitrogens with one attached hydrogen (secondary N) is 2. The van der Waals surface area contributed by atoms with Crippen LogP contribution >= 0.6 is 0 Å². The molecule has 2 N–H and O–H groups in total. The monoisotopic (exact) mass is 581 g/mol. The van der Waals surface area contributed by atoms with Crippen molar-refractivity contribution in [2.24, 2.45) is 5.92 Å². The average Bonchev–Trinajstić information content (AvgIpc) is 3.37. The molecule has 6 rings (SSSR count). The number of tetrazole rings is 1. The Kier molecular flexibility index (Phi) is 7.22. The number of benzene rings is 2. The van der Waals surface area contributed by atoms with Gasteiger partial charge in [0.1, 0.15) is 6.04 Å². The maximum absolute atomic E-state index is 13.1. The normalized spacial score (nSPS) is 20.8. The van der Waals surface area contributed by atoms with Crippen LogP contribution in [0.1, 0.15) is 68.1 Å². The third kappa shape index (κ3) is 4.83. The standard InChI is InChI=1S/C31H35N9O3/c1-38(2)28(42)18-5-7-24-20(11-18)13-21-12-19(29(43)39(3)4)6-8-25(21)31(24,30-34-36-37-35-30)9-10-33-17-27(41)40-23(16-32)14-22-15-26(22)40/h5-8,11-12,22-23,26,33H,9-10,13-15,17H2,1-4H3,(H,34,35,36,37)/t22-,23+,26+/m1/s1. The van der Waals surface area contributed by atoms with E-state index >= 15 is 0 Å². The molecule has 2 aromatic carbocycles. The van der Waals surface area contributed by atoms with E-state index in [4.69, 9.17) is 0 Å². The van der Waals surface area contributed by atoms with Gasteiger partial charge in [0.25, 0.3) is 11.8 Å². The number of fused-ring (bicyclic) bond motifs is 3. The first-order valence-corrected chi connectivity index (χ1v) is 14.5. The van der Waals surface area contributed by atoms with E-state index in [-0.39, 0.29) is 36.3 Å². The van der Waals surface area contributed by atoms with Gasteiger partial charge in [0.05, 0.1) is 18.0 Å². The average molecular weight is 582 g/mol. The van der Waals surface area contributed by atoms with Crippen LogP contribution in [0, 0.1) is 17.2 Å². The van der Waals surface area contributed by atoms with Gasteiger partial charge >= 0.3 is 0 Å². The van der Waals surface area contributed by atoms with Crippen molar-refractivity contribution in [1.29, 1.82) is 5.26 Å². The van der Waals surface area contributed by atoms with Crippen LogP contribution in [-0.2, 0) is 16.6 Å². The second-order valence-corrected chi connectivity index (χ2v) is 12.1. The van der Waals surface area contributed by atoms with Crippen molar-refractivity contribution in [2.75, 3.05) is 41.3 Å². The molecule has 2 fully saturated rings. The van der Waals surface area contributed by atoms with Gasteiger partial charge in [0, 0.05) is 45.4 Å². The number of aromatic amines is 1. The summed E-state index contributed by atoms with van der Waals surface area (Å²) in [5.74, 6) is 0.648. The van der Waals surface area contributed by atoms with Crippen LogP contribution < -0.4 is 5.32 Å². The lowest BCUT2D eigenvalue weighted by molar-refractivity contribution is -0.131. The Morgan fingerprint density at radius 1 is 1.02 bits per heavy atom. The van der Waals surface area contributed by atoms with Gasteiger partial charge < -0.3 is 20.0 Å². The lowest BCUT2D eigenvalue weighted by Gasteiger charge is -2.39. The predicted molar refractivity (Wildman–Crippen MR) is 156 cm³/mol. The fourth-order valence-corrected chi connectivity index (χ4v) is 6.90. The molecule has 3 atom stereocenters. The van der Waals surface area contributed by atoms with Crippen molar-refractivity contribution >= 4 is 17.7 Å². The number of carbonyl (C=O) groups excluding carboxylic acids is 3. The Morgan fingerprint density at radius 3 is 2.19 bits per heavy atom. The first-order valence-electron chi connectivity index (χ1n) is 14.5. The first-order chi connectivity index (χ1) is 20.6. The SMILES string of the molecule is CN(C)C(=O)c1ccc2c(c1)Cc1cc(C(=O)N(C)C)ccc1C2(CCNCC(=O)N1[C@H](C#N)C[C@@H]2C[C@@H]21)c1nn[nH]n1. The third-order valence-electron chi connectivity index (χ3n) is 9.04. The van der Waals surface area contributed by atoms with Gasteiger partial charge in [-0.05, 0) is 84.7 Å². The number of nitrogens with zero attached hydrogens (tertiary/aromatic N) is 7. The Balaban J connectivity index is 1.37. The van der Waals surface area contributed by atoms with E-state index in [9.17, 15) is 19.6 Å². The number of nitriles is 1. The van der Waals surface area contributed by atoms with Gasteiger partial charge in [0.2, 0.25) is 5.91 Å². The Morgan fingerprint density at radius 2 is 1.65 bits per heavy atom. The van der Waals surface area contributed by atoms with E-state index in [1.54, 1.807) is 42.9 Å². The highest BCUT2D eigenvalue weighted by Crippen LogP contribution is 2.49. The van der Waals surface area contributed by atoms with Crippen molar-refractivity contribution in [1.82, 2.24) is 40.6 Å². The lowest BCUT2D eigenvalue weighted by atomic mass is 9.63. The van der Waals surface area contributed by atoms with Crippen LogP contribution in [-0.4, -0.2) is 106 Å². The largest absolute Gasteiger partial charge is 0.345 e. The second-order valence-electron chi connectivity index (χ2n) is 12.1. The minimum Gasteiger partial charge on any atom is -0.345 e. The van der Waals surface area contributed by atoms with Crippen LogP contribution in [0.2, 0.25) is 0 Å². The molecule has 0 spiro atoms. The summed E-state index contributed by atoms with van der Waals surface area (Å²) < 4.78 is 0. The summed E-state index contributed by atoms with van der Waals surface area (Å²) in [4.78, 5) is 43.8. The zero-order valence-corrected chi connectivity index (χ0v) is 24.8. The van der Waals surface area contributed by atoms with Gasteiger partial charge in [-0.25, -0.2) is 0 Å². The minimum absolute atomic E-state index is 0.0618. The zero-order valence-electron chi connectivity index (χ0n) is 24.8. The van der Waals surface area contributed by atoms with Crippen LogP contribution in [0.25, 0.3) is 0 Å². The molecule has 1 saturated heterocycles. The molecule has 2 aliphatic carbocycles. The maximum atomic E-state index is 13.1. The molecule has 12 nitrogen and oxygen atoms in total. The smallest absolute Gasteiger partial charge is 0.253 e. The molecule has 43 heavy (non-hydrogen) atoms. The Hall–Kier alpha value is -4.63. The summed E-state index contributed by atoms with van der Waals surface area (Å²) in [7, 11) is 6.88. The number of carbonyl (C=O) groups is 3. The Labute approximate surface area is 250 Å². The highest BCUT2D eigenvalue weighted by atomic mass is 16.2. The van der Waals surface area contributed by atoms with Crippen molar-refractivity contribution in [2.45, 2.75) is 43.2 Å². The maximum Gasteiger partial charge on any atom is 0.253 e. The molecule has 2 heterocycles. The van der Waals surface area contributed by atoms with Crippen molar-refractivity contribution < 1.29 is 14.4 Å². The topological polar surface area (TPSA) is 151 Å². The number of hydrogen-bond donors (Lipinski definition) is 2. The number of rotatable bonds is 8. The highest BCUT2D eigenvalue weighted by Gasteiger charge is 2.54. The first kappa shape index (κ1) is 28.5. The molecule has 3 aromatic rings. The summed E-state index contributed by atoms with van der Waals surface area (Å²) in [5, 5.41) is 28.3. The number of piperidine rings is 1. The van der Waals surface area contributed by atoms with Crippen LogP contribution in [0.3, 0.4) is 0 Å². The number of H-pyrrole nitrogens is 1. The van der Waals surface area contributed by atoms with E-state index < -0.39 is 5.41 Å². The van der Waals surface area contributed by atoms with Crippen LogP contribution in [0.5, 0.6) is 0 Å². The van der Waals surface area contributed by atoms with E-state index in [0.29, 0.717) is 42.3 Å². The van der Waals surface area contributed by atoms with E-state index in [2.05, 4.69) is 32.0 Å². The van der Waals surface area contributed by atoms with E-state index in [0.717, 1.165) is 35.1 Å². The molecule has 0 radical (unpaired) electrons. The van der Waals surface area contributed by atoms with E-state index in [1.165, 1.54) is 0 Å². The molecule has 1 saturated carbocycles. The van der Waals surface area contributed by atoms with Gasteiger partial charge in [-0.3, -0.25) is 14.4 Å². The number of hydrogen-bond acceptors (Lipinski definition) is 8. The molecule has 1 aliphatic heterocycles. The molecule has 0 unspecified atom stereocenters. The number of amides is 3. The van der Waals surface area contributed by atoms with Crippen molar-refractivity contribution in [3.05, 3.63) is 75.6 Å². The quantitative estimate of drug-likeness (QED) is 0.378. The number of likely N-dealkylation sites (tertiary alicyclic amines) is 1. The molecule has 0 bridgehead atoms. The van der Waals surface area contributed by atoms with Crippen LogP contribution in [0.15, 0.2) is 36.4 Å². The Bertz CT molecular complexity index is 1560. The third-order valence-corrected chi connectivity index (χ3v) is 9.04. The van der Waals surface area contributed by atoms with Crippen molar-refractivity contribution in [3.63, 3.8) is 0 Å². The fourth-order valence-electron chi connectivity index (χ4n) is 6.90. The lowest BCUT2D eigenvalue weighted by Crippen LogP contribution is -2.44. The summed E-state index contributed by atoms with van der Waals surface area (Å²) >= 11 is 0. The fraction of sp³-hybridized carbons (Fsp3) is 0.452. The zero-order chi connectivity index (χ0) is 30.5. The summed E-state index contributed by atoms with van der Waals surface area (Å²) in [6.45, 7) is 0.561. The van der Waals surface area contributed by atoms with Gasteiger partial charge in [-0.15, -0.1) is 10.2 Å². The van der Waals surface area contributed by atoms with Crippen molar-refractivity contribution in [3.8, 4) is 6.07 Å². The summed E-state index contributed by atoms with van der Waals surface area (Å²) in [5.41, 5.74) is 4.02. The highest BCUT2D eigenvalue weighted by molar-refractivity contribution is 5.95. The van der Waals surface area contributed by atoms with Crippen LogP contribution in [0.4, 0.5) is 0 Å². The molecule has 3 aliphatic rings. The molecular weight excluding hydrogens is 546 g/mol. The molecule has 222 valence electrons. The number of aromatic nitrogens is 4.